The van der Waals surface area contributed by atoms with E-state index < -0.39 is 5.97 Å². The normalized spacial score (nSPS) is 12.2. The highest BCUT2D eigenvalue weighted by molar-refractivity contribution is 6.30. The van der Waals surface area contributed by atoms with Crippen molar-refractivity contribution in [2.75, 3.05) is 6.79 Å². The molecule has 1 aromatic heterocycles. The molecule has 4 aromatic rings. The smallest absolute Gasteiger partial charge is 0.335 e. The number of hydrogen-bond acceptors (Lipinski definition) is 5. The van der Waals surface area contributed by atoms with Crippen LogP contribution in [0.15, 0.2) is 60.8 Å². The summed E-state index contributed by atoms with van der Waals surface area (Å²) in [4.78, 5) is 24.2. The Morgan fingerprint density at radius 3 is 2.67 bits per heavy atom. The molecule has 1 aliphatic rings. The summed E-state index contributed by atoms with van der Waals surface area (Å²) in [7, 11) is 0. The highest BCUT2D eigenvalue weighted by Gasteiger charge is 2.25. The molecule has 0 spiro atoms. The monoisotopic (exact) mass is 463 g/mol. The largest absolute Gasteiger partial charge is 0.478 e. The zero-order valence-corrected chi connectivity index (χ0v) is 18.0. The first-order valence-corrected chi connectivity index (χ1v) is 10.5. The summed E-state index contributed by atoms with van der Waals surface area (Å²) in [6.07, 6.45) is 1.66. The number of benzene rings is 3. The predicted molar refractivity (Wildman–Crippen MR) is 121 cm³/mol. The number of carboxylic acids is 1. The Hall–Kier alpha value is -4.04. The lowest BCUT2D eigenvalue weighted by Crippen LogP contribution is -2.23. The van der Waals surface area contributed by atoms with E-state index in [1.807, 2.05) is 18.2 Å². The number of amides is 1. The maximum Gasteiger partial charge on any atom is 0.335 e. The number of nitrogens with one attached hydrogen (secondary N) is 1. The fraction of sp³-hybridized carbons (Fsp3) is 0.125. The van der Waals surface area contributed by atoms with Gasteiger partial charge >= 0.3 is 5.97 Å². The van der Waals surface area contributed by atoms with Crippen molar-refractivity contribution in [3.8, 4) is 11.5 Å². The van der Waals surface area contributed by atoms with Crippen LogP contribution in [0.2, 0.25) is 5.02 Å². The van der Waals surface area contributed by atoms with Gasteiger partial charge in [-0.2, -0.15) is 5.10 Å². The van der Waals surface area contributed by atoms with Gasteiger partial charge in [0.2, 0.25) is 6.79 Å². The van der Waals surface area contributed by atoms with E-state index in [-0.39, 0.29) is 24.8 Å². The van der Waals surface area contributed by atoms with Gasteiger partial charge in [-0.25, -0.2) is 4.79 Å². The molecule has 166 valence electrons. The van der Waals surface area contributed by atoms with Gasteiger partial charge in [0, 0.05) is 11.6 Å². The van der Waals surface area contributed by atoms with Crippen LogP contribution in [0.4, 0.5) is 0 Å². The lowest BCUT2D eigenvalue weighted by molar-refractivity contribution is 0.0696. The number of aromatic nitrogens is 2. The highest BCUT2D eigenvalue weighted by atomic mass is 35.5. The summed E-state index contributed by atoms with van der Waals surface area (Å²) >= 11 is 6.13. The molecule has 0 atom stereocenters. The second-order valence-electron chi connectivity index (χ2n) is 7.54. The van der Waals surface area contributed by atoms with Crippen molar-refractivity contribution in [3.05, 3.63) is 88.1 Å². The minimum Gasteiger partial charge on any atom is -0.478 e. The molecule has 8 nitrogen and oxygen atoms in total. The summed E-state index contributed by atoms with van der Waals surface area (Å²) in [5.41, 5.74) is 2.93. The Kier molecular flexibility index (Phi) is 5.35. The van der Waals surface area contributed by atoms with Crippen LogP contribution in [-0.4, -0.2) is 33.6 Å². The molecule has 0 saturated carbocycles. The van der Waals surface area contributed by atoms with Gasteiger partial charge in [-0.3, -0.25) is 9.48 Å². The first-order valence-electron chi connectivity index (χ1n) is 10.1. The van der Waals surface area contributed by atoms with Gasteiger partial charge in [-0.1, -0.05) is 35.9 Å². The molecular weight excluding hydrogens is 446 g/mol. The zero-order chi connectivity index (χ0) is 22.9. The fourth-order valence-electron chi connectivity index (χ4n) is 3.79. The summed E-state index contributed by atoms with van der Waals surface area (Å²) in [5, 5.41) is 17.7. The second-order valence-corrected chi connectivity index (χ2v) is 7.97. The van der Waals surface area contributed by atoms with E-state index in [0.717, 1.165) is 11.1 Å². The molecule has 5 rings (SSSR count). The molecule has 0 aliphatic carbocycles. The Labute approximate surface area is 193 Å². The molecule has 0 bridgehead atoms. The van der Waals surface area contributed by atoms with Crippen LogP contribution < -0.4 is 14.8 Å². The average molecular weight is 464 g/mol. The van der Waals surface area contributed by atoms with E-state index >= 15 is 0 Å². The summed E-state index contributed by atoms with van der Waals surface area (Å²) < 4.78 is 12.9. The molecule has 1 amide bonds. The third-order valence-corrected chi connectivity index (χ3v) is 5.61. The molecule has 9 heteroatoms. The van der Waals surface area contributed by atoms with Crippen LogP contribution >= 0.6 is 11.6 Å². The Morgan fingerprint density at radius 2 is 1.91 bits per heavy atom. The quantitative estimate of drug-likeness (QED) is 0.446. The molecule has 3 aromatic carbocycles. The maximum atomic E-state index is 13.2. The molecule has 33 heavy (non-hydrogen) atoms. The maximum absolute atomic E-state index is 13.2. The molecule has 2 heterocycles. The highest BCUT2D eigenvalue weighted by Crippen LogP contribution is 2.41. The molecule has 0 saturated heterocycles. The predicted octanol–water partition coefficient (Wildman–Crippen LogP) is 4.09. The van der Waals surface area contributed by atoms with Gasteiger partial charge in [-0.05, 0) is 41.5 Å². The van der Waals surface area contributed by atoms with Crippen LogP contribution in [0.1, 0.15) is 31.8 Å². The number of halogens is 1. The minimum absolute atomic E-state index is 0.0743. The Bertz CT molecular complexity index is 1380. The van der Waals surface area contributed by atoms with Crippen LogP contribution in [0.5, 0.6) is 11.5 Å². The Balaban J connectivity index is 1.47. The van der Waals surface area contributed by atoms with Crippen molar-refractivity contribution in [2.45, 2.75) is 13.1 Å². The molecule has 2 N–H and O–H groups in total. The topological polar surface area (TPSA) is 103 Å². The van der Waals surface area contributed by atoms with E-state index in [0.29, 0.717) is 39.5 Å². The third kappa shape index (κ3) is 4.08. The number of aromatic carboxylic acids is 1. The van der Waals surface area contributed by atoms with E-state index in [1.54, 1.807) is 35.1 Å². The second kappa shape index (κ2) is 8.48. The van der Waals surface area contributed by atoms with Crippen LogP contribution in [0, 0.1) is 0 Å². The summed E-state index contributed by atoms with van der Waals surface area (Å²) in [6.45, 7) is 0.725. The van der Waals surface area contributed by atoms with Crippen molar-refractivity contribution in [1.82, 2.24) is 15.1 Å². The summed E-state index contributed by atoms with van der Waals surface area (Å²) in [6, 6.07) is 15.4. The molecule has 0 radical (unpaired) electrons. The van der Waals surface area contributed by atoms with Crippen molar-refractivity contribution < 1.29 is 24.2 Å². The Morgan fingerprint density at radius 1 is 1.09 bits per heavy atom. The number of carboxylic acid groups (broad SMARTS) is 1. The van der Waals surface area contributed by atoms with Gasteiger partial charge in [0.1, 0.15) is 0 Å². The lowest BCUT2D eigenvalue weighted by Gasteiger charge is -2.11. The number of fused-ring (bicyclic) bond motifs is 3. The minimum atomic E-state index is -0.999. The fourth-order valence-corrected chi connectivity index (χ4v) is 4.00. The van der Waals surface area contributed by atoms with Crippen molar-refractivity contribution in [2.24, 2.45) is 0 Å². The van der Waals surface area contributed by atoms with Crippen molar-refractivity contribution in [1.29, 1.82) is 0 Å². The third-order valence-electron chi connectivity index (χ3n) is 5.38. The van der Waals surface area contributed by atoms with Gasteiger partial charge in [0.15, 0.2) is 11.5 Å². The number of hydrogen-bond donors (Lipinski definition) is 2. The van der Waals surface area contributed by atoms with Gasteiger partial charge in [0.05, 0.1) is 34.8 Å². The number of rotatable bonds is 6. The number of carbonyl (C=O) groups is 2. The van der Waals surface area contributed by atoms with Crippen LogP contribution in [-0.2, 0) is 13.1 Å². The van der Waals surface area contributed by atoms with Gasteiger partial charge in [-0.15, -0.1) is 0 Å². The molecular formula is C24H18ClN3O5. The lowest BCUT2D eigenvalue weighted by atomic mass is 10.1. The number of ether oxygens (including phenoxy) is 2. The van der Waals surface area contributed by atoms with Crippen molar-refractivity contribution >= 4 is 34.4 Å². The SMILES string of the molecule is O=C(O)c1ccc(CNC(=O)c2cc3c(c4cnn(Cc5cccc(Cl)c5)c24)OCO3)cc1. The van der Waals surface area contributed by atoms with E-state index in [2.05, 4.69) is 10.4 Å². The average Bonchev–Trinajstić information content (AvgIpc) is 3.44. The molecule has 1 aliphatic heterocycles. The first kappa shape index (κ1) is 20.8. The number of carbonyl (C=O) groups excluding carboxylic acids is 1. The summed E-state index contributed by atoms with van der Waals surface area (Å²) in [5.74, 6) is -0.265. The van der Waals surface area contributed by atoms with E-state index in [9.17, 15) is 9.59 Å². The van der Waals surface area contributed by atoms with Crippen LogP contribution in [0.3, 0.4) is 0 Å². The van der Waals surface area contributed by atoms with E-state index in [4.69, 9.17) is 26.2 Å². The van der Waals surface area contributed by atoms with E-state index in [1.165, 1.54) is 12.1 Å². The van der Waals surface area contributed by atoms with Crippen molar-refractivity contribution in [3.63, 3.8) is 0 Å². The van der Waals surface area contributed by atoms with Gasteiger partial charge < -0.3 is 19.9 Å². The molecule has 0 fully saturated rings. The first-order chi connectivity index (χ1) is 16.0. The van der Waals surface area contributed by atoms with Gasteiger partial charge in [0.25, 0.3) is 5.91 Å². The molecule has 0 unspecified atom stereocenters. The standard InChI is InChI=1S/C24H18ClN3O5/c25-17-3-1-2-15(8-17)12-28-21-18(9-20-22(33-13-32-20)19(21)11-27-28)23(29)26-10-14-4-6-16(7-5-14)24(30)31/h1-9,11H,10,12-13H2,(H,26,29)(H,30,31). The van der Waals surface area contributed by atoms with Crippen LogP contribution in [0.25, 0.3) is 10.9 Å². The number of nitrogens with zero attached hydrogens (tertiary/aromatic N) is 2. The zero-order valence-electron chi connectivity index (χ0n) is 17.2.